The summed E-state index contributed by atoms with van der Waals surface area (Å²) in [5.74, 6) is 0.763. The third-order valence-corrected chi connectivity index (χ3v) is 10.7. The van der Waals surface area contributed by atoms with E-state index in [1.807, 2.05) is 0 Å². The summed E-state index contributed by atoms with van der Waals surface area (Å²) in [6, 6.07) is 0. The van der Waals surface area contributed by atoms with Crippen LogP contribution in [0.1, 0.15) is 66.7 Å². The molecular formula is C18H34OSi. The SMILES string of the molecule is C[C@H]1CCC[C@@]2(C)CC[C@H](O[Si](C)(C)C(C)(C)C)C=C12. The molecule has 0 heterocycles. The average molecular weight is 295 g/mol. The highest BCUT2D eigenvalue weighted by Gasteiger charge is 2.42. The fourth-order valence-electron chi connectivity index (χ4n) is 3.72. The van der Waals surface area contributed by atoms with Gasteiger partial charge in [-0.3, -0.25) is 0 Å². The molecule has 0 amide bonds. The highest BCUT2D eigenvalue weighted by Crippen LogP contribution is 2.50. The highest BCUT2D eigenvalue weighted by molar-refractivity contribution is 6.74. The van der Waals surface area contributed by atoms with Crippen LogP contribution in [0.15, 0.2) is 11.6 Å². The summed E-state index contributed by atoms with van der Waals surface area (Å²) in [4.78, 5) is 0. The van der Waals surface area contributed by atoms with Crippen LogP contribution in [0.5, 0.6) is 0 Å². The summed E-state index contributed by atoms with van der Waals surface area (Å²) in [6.07, 6.45) is 9.60. The van der Waals surface area contributed by atoms with Crippen LogP contribution in [-0.2, 0) is 4.43 Å². The molecule has 0 aromatic heterocycles. The molecule has 0 aliphatic heterocycles. The Labute approximate surface area is 127 Å². The molecule has 2 rings (SSSR count). The normalized spacial score (nSPS) is 35.5. The Morgan fingerprint density at radius 3 is 2.45 bits per heavy atom. The van der Waals surface area contributed by atoms with Gasteiger partial charge < -0.3 is 4.43 Å². The summed E-state index contributed by atoms with van der Waals surface area (Å²) in [6.45, 7) is 16.7. The van der Waals surface area contributed by atoms with Gasteiger partial charge in [-0.25, -0.2) is 0 Å². The van der Waals surface area contributed by atoms with Crippen molar-refractivity contribution < 1.29 is 4.43 Å². The van der Waals surface area contributed by atoms with Crippen molar-refractivity contribution in [2.45, 2.75) is 91.0 Å². The maximum absolute atomic E-state index is 6.65. The molecule has 0 spiro atoms. The molecule has 0 radical (unpaired) electrons. The second-order valence-corrected chi connectivity index (χ2v) is 13.7. The van der Waals surface area contributed by atoms with Crippen LogP contribution in [0.4, 0.5) is 0 Å². The number of hydrogen-bond donors (Lipinski definition) is 0. The summed E-state index contributed by atoms with van der Waals surface area (Å²) in [7, 11) is -1.64. The van der Waals surface area contributed by atoms with Crippen LogP contribution in [-0.4, -0.2) is 14.4 Å². The van der Waals surface area contributed by atoms with E-state index < -0.39 is 8.32 Å². The van der Waals surface area contributed by atoms with Crippen molar-refractivity contribution in [3.63, 3.8) is 0 Å². The molecule has 2 heteroatoms. The van der Waals surface area contributed by atoms with Crippen molar-refractivity contribution in [2.75, 3.05) is 0 Å². The monoisotopic (exact) mass is 294 g/mol. The summed E-state index contributed by atoms with van der Waals surface area (Å²) in [5, 5.41) is 0.310. The highest BCUT2D eigenvalue weighted by atomic mass is 28.4. The number of fused-ring (bicyclic) bond motifs is 1. The molecule has 1 fully saturated rings. The maximum atomic E-state index is 6.65. The molecule has 2 aliphatic rings. The lowest BCUT2D eigenvalue weighted by atomic mass is 9.62. The lowest BCUT2D eigenvalue weighted by Crippen LogP contribution is -2.45. The minimum absolute atomic E-state index is 0.310. The first-order chi connectivity index (χ1) is 9.05. The maximum Gasteiger partial charge on any atom is 0.192 e. The zero-order valence-electron chi connectivity index (χ0n) is 14.7. The van der Waals surface area contributed by atoms with Crippen LogP contribution in [0.3, 0.4) is 0 Å². The summed E-state index contributed by atoms with van der Waals surface area (Å²) < 4.78 is 6.65. The first kappa shape index (κ1) is 16.3. The number of allylic oxidation sites excluding steroid dienone is 1. The fourth-order valence-corrected chi connectivity index (χ4v) is 5.02. The van der Waals surface area contributed by atoms with Gasteiger partial charge in [-0.05, 0) is 55.1 Å². The zero-order chi connectivity index (χ0) is 15.2. The van der Waals surface area contributed by atoms with Crippen LogP contribution < -0.4 is 0 Å². The van der Waals surface area contributed by atoms with Crippen LogP contribution in [0.25, 0.3) is 0 Å². The molecule has 1 saturated carbocycles. The molecule has 20 heavy (non-hydrogen) atoms. The minimum Gasteiger partial charge on any atom is -0.411 e. The standard InChI is InChI=1S/C18H34OSi/c1-14-9-8-11-18(5)12-10-15(13-16(14)18)19-20(6,7)17(2,3)4/h13-15H,8-12H2,1-7H3/t14-,15-,18-/m0/s1. The molecule has 116 valence electrons. The van der Waals surface area contributed by atoms with Gasteiger partial charge in [0.1, 0.15) is 0 Å². The van der Waals surface area contributed by atoms with Crippen molar-refractivity contribution in [3.8, 4) is 0 Å². The lowest BCUT2D eigenvalue weighted by molar-refractivity contribution is 0.146. The van der Waals surface area contributed by atoms with Crippen molar-refractivity contribution in [1.82, 2.24) is 0 Å². The smallest absolute Gasteiger partial charge is 0.192 e. The van der Waals surface area contributed by atoms with Crippen molar-refractivity contribution >= 4 is 8.32 Å². The van der Waals surface area contributed by atoms with E-state index in [-0.39, 0.29) is 0 Å². The van der Waals surface area contributed by atoms with Crippen LogP contribution in [0.2, 0.25) is 18.1 Å². The average Bonchev–Trinajstić information content (AvgIpc) is 2.29. The topological polar surface area (TPSA) is 9.23 Å². The molecular weight excluding hydrogens is 260 g/mol. The Kier molecular flexibility index (Phi) is 4.30. The van der Waals surface area contributed by atoms with E-state index in [2.05, 4.69) is 53.8 Å². The molecule has 3 atom stereocenters. The molecule has 0 aromatic carbocycles. The quantitative estimate of drug-likeness (QED) is 0.453. The predicted molar refractivity (Wildman–Crippen MR) is 90.5 cm³/mol. The van der Waals surface area contributed by atoms with Crippen molar-refractivity contribution in [3.05, 3.63) is 11.6 Å². The van der Waals surface area contributed by atoms with Gasteiger partial charge in [0.2, 0.25) is 0 Å². The molecule has 0 unspecified atom stereocenters. The van der Waals surface area contributed by atoms with E-state index in [1.54, 1.807) is 5.57 Å². The Bertz CT molecular complexity index is 391. The van der Waals surface area contributed by atoms with Gasteiger partial charge in [0.25, 0.3) is 0 Å². The second kappa shape index (κ2) is 5.28. The van der Waals surface area contributed by atoms with Gasteiger partial charge in [-0.15, -0.1) is 0 Å². The predicted octanol–water partition coefficient (Wildman–Crippen LogP) is 5.92. The zero-order valence-corrected chi connectivity index (χ0v) is 15.7. The lowest BCUT2D eigenvalue weighted by Gasteiger charge is -2.47. The van der Waals surface area contributed by atoms with Crippen molar-refractivity contribution in [1.29, 1.82) is 0 Å². The Balaban J connectivity index is 2.17. The van der Waals surface area contributed by atoms with Crippen LogP contribution in [0, 0.1) is 11.3 Å². The van der Waals surface area contributed by atoms with Gasteiger partial charge in [-0.2, -0.15) is 0 Å². The molecule has 0 N–H and O–H groups in total. The third-order valence-electron chi connectivity index (χ3n) is 6.19. The van der Waals surface area contributed by atoms with E-state index >= 15 is 0 Å². The minimum atomic E-state index is -1.64. The molecule has 1 nitrogen and oxygen atoms in total. The third kappa shape index (κ3) is 3.06. The van der Waals surface area contributed by atoms with Crippen molar-refractivity contribution in [2.24, 2.45) is 11.3 Å². The fraction of sp³-hybridized carbons (Fsp3) is 0.889. The molecule has 0 bridgehead atoms. The van der Waals surface area contributed by atoms with E-state index in [1.165, 1.54) is 32.1 Å². The van der Waals surface area contributed by atoms with E-state index in [0.29, 0.717) is 16.6 Å². The number of rotatable bonds is 2. The van der Waals surface area contributed by atoms with Gasteiger partial charge in [0.05, 0.1) is 6.10 Å². The Hall–Kier alpha value is -0.0831. The summed E-state index contributed by atoms with van der Waals surface area (Å²) in [5.41, 5.74) is 2.18. The summed E-state index contributed by atoms with van der Waals surface area (Å²) >= 11 is 0. The van der Waals surface area contributed by atoms with Gasteiger partial charge in [0.15, 0.2) is 8.32 Å². The Morgan fingerprint density at radius 2 is 1.85 bits per heavy atom. The molecule has 2 aliphatic carbocycles. The molecule has 0 aromatic rings. The second-order valence-electron chi connectivity index (χ2n) is 8.93. The van der Waals surface area contributed by atoms with E-state index in [9.17, 15) is 0 Å². The van der Waals surface area contributed by atoms with E-state index in [0.717, 1.165) is 5.92 Å². The first-order valence-electron chi connectivity index (χ1n) is 8.45. The van der Waals surface area contributed by atoms with Gasteiger partial charge in [-0.1, -0.05) is 52.7 Å². The molecule has 0 saturated heterocycles. The van der Waals surface area contributed by atoms with E-state index in [4.69, 9.17) is 4.43 Å². The largest absolute Gasteiger partial charge is 0.411 e. The number of hydrogen-bond acceptors (Lipinski definition) is 1. The first-order valence-corrected chi connectivity index (χ1v) is 11.4. The van der Waals surface area contributed by atoms with Crippen LogP contribution >= 0.6 is 0 Å². The van der Waals surface area contributed by atoms with Gasteiger partial charge in [0, 0.05) is 0 Å². The van der Waals surface area contributed by atoms with Gasteiger partial charge >= 0.3 is 0 Å². The Morgan fingerprint density at radius 1 is 1.20 bits per heavy atom.